The summed E-state index contributed by atoms with van der Waals surface area (Å²) in [4.78, 5) is 10.4. The predicted octanol–water partition coefficient (Wildman–Crippen LogP) is 3.21. The summed E-state index contributed by atoms with van der Waals surface area (Å²) in [5.41, 5.74) is 1.54. The fourth-order valence-corrected chi connectivity index (χ4v) is 4.38. The van der Waals surface area contributed by atoms with E-state index in [0.29, 0.717) is 13.0 Å². The lowest BCUT2D eigenvalue weighted by Crippen LogP contribution is -2.40. The molecule has 0 aromatic rings. The third-order valence-electron chi connectivity index (χ3n) is 4.95. The summed E-state index contributed by atoms with van der Waals surface area (Å²) < 4.78 is 5.58. The zero-order valence-electron chi connectivity index (χ0n) is 10.8. The van der Waals surface area contributed by atoms with Gasteiger partial charge in [-0.25, -0.2) is 0 Å². The van der Waals surface area contributed by atoms with Gasteiger partial charge in [-0.3, -0.25) is 4.79 Å². The summed E-state index contributed by atoms with van der Waals surface area (Å²) in [6, 6.07) is 0. The van der Waals surface area contributed by atoms with Gasteiger partial charge in [-0.2, -0.15) is 0 Å². The Hall–Kier alpha value is -0.990. The Morgan fingerprint density at radius 3 is 2.33 bits per heavy atom. The van der Waals surface area contributed by atoms with Crippen LogP contribution in [-0.2, 0) is 9.53 Å². The van der Waals surface area contributed by atoms with E-state index in [9.17, 15) is 4.79 Å². The molecule has 0 spiro atoms. The molecule has 0 unspecified atom stereocenters. The molecular weight excluding hydrogens is 228 g/mol. The quantitative estimate of drug-likeness (QED) is 0.602. The summed E-state index contributed by atoms with van der Waals surface area (Å²) in [5.74, 6) is 2.79. The minimum Gasteiger partial charge on any atom is -0.501 e. The van der Waals surface area contributed by atoms with E-state index in [1.807, 2.05) is 6.26 Å². The standard InChI is InChI=1S/C15H22O3/c16-15(17)2-1-3-18-9-14-12-5-10-4-11(7-12)8-13(14)6-10/h9-13H,1-8H2,(H,16,17). The first kappa shape index (κ1) is 12.1. The maximum Gasteiger partial charge on any atom is 0.303 e. The highest BCUT2D eigenvalue weighted by molar-refractivity contribution is 5.66. The van der Waals surface area contributed by atoms with Gasteiger partial charge in [0.25, 0.3) is 0 Å². The van der Waals surface area contributed by atoms with Crippen LogP contribution >= 0.6 is 0 Å². The van der Waals surface area contributed by atoms with E-state index in [-0.39, 0.29) is 6.42 Å². The summed E-state index contributed by atoms with van der Waals surface area (Å²) in [5, 5.41) is 8.56. The van der Waals surface area contributed by atoms with Gasteiger partial charge in [0.1, 0.15) is 0 Å². The molecule has 0 radical (unpaired) electrons. The van der Waals surface area contributed by atoms with Gasteiger partial charge < -0.3 is 9.84 Å². The first-order valence-corrected chi connectivity index (χ1v) is 7.25. The topological polar surface area (TPSA) is 46.5 Å². The molecule has 4 fully saturated rings. The molecule has 18 heavy (non-hydrogen) atoms. The second-order valence-corrected chi connectivity index (χ2v) is 6.29. The number of rotatable bonds is 5. The number of carboxylic acids is 1. The lowest BCUT2D eigenvalue weighted by molar-refractivity contribution is -0.137. The lowest BCUT2D eigenvalue weighted by Gasteiger charge is -2.51. The first-order valence-electron chi connectivity index (χ1n) is 7.25. The Labute approximate surface area is 108 Å². The molecule has 4 aliphatic carbocycles. The molecule has 0 heterocycles. The largest absolute Gasteiger partial charge is 0.501 e. The Morgan fingerprint density at radius 2 is 1.78 bits per heavy atom. The van der Waals surface area contributed by atoms with Crippen LogP contribution in [0.15, 0.2) is 11.8 Å². The number of allylic oxidation sites excluding steroid dienone is 1. The van der Waals surface area contributed by atoms with E-state index < -0.39 is 5.97 Å². The average molecular weight is 250 g/mol. The number of carbonyl (C=O) groups is 1. The molecule has 3 nitrogen and oxygen atoms in total. The Morgan fingerprint density at radius 1 is 1.17 bits per heavy atom. The van der Waals surface area contributed by atoms with Crippen molar-refractivity contribution in [2.75, 3.05) is 6.61 Å². The van der Waals surface area contributed by atoms with Crippen LogP contribution in [0.25, 0.3) is 0 Å². The minimum atomic E-state index is -0.735. The van der Waals surface area contributed by atoms with Crippen LogP contribution < -0.4 is 0 Å². The molecule has 0 saturated heterocycles. The van der Waals surface area contributed by atoms with Crippen molar-refractivity contribution in [3.05, 3.63) is 11.8 Å². The lowest BCUT2D eigenvalue weighted by atomic mass is 9.54. The molecule has 100 valence electrons. The molecule has 1 N–H and O–H groups in total. The first-order chi connectivity index (χ1) is 8.72. The van der Waals surface area contributed by atoms with Crippen molar-refractivity contribution in [1.29, 1.82) is 0 Å². The Kier molecular flexibility index (Phi) is 3.31. The van der Waals surface area contributed by atoms with E-state index in [1.54, 1.807) is 0 Å². The van der Waals surface area contributed by atoms with Crippen LogP contribution in [0.2, 0.25) is 0 Å². The number of carboxylic acid groups (broad SMARTS) is 1. The highest BCUT2D eigenvalue weighted by Gasteiger charge is 2.45. The van der Waals surface area contributed by atoms with Crippen molar-refractivity contribution >= 4 is 5.97 Å². The van der Waals surface area contributed by atoms with Gasteiger partial charge in [0.15, 0.2) is 0 Å². The summed E-state index contributed by atoms with van der Waals surface area (Å²) in [7, 11) is 0. The molecular formula is C15H22O3. The normalized spacial score (nSPS) is 36.8. The van der Waals surface area contributed by atoms with E-state index in [4.69, 9.17) is 9.84 Å². The third-order valence-corrected chi connectivity index (χ3v) is 4.95. The van der Waals surface area contributed by atoms with E-state index >= 15 is 0 Å². The predicted molar refractivity (Wildman–Crippen MR) is 67.9 cm³/mol. The van der Waals surface area contributed by atoms with Crippen LogP contribution in [0.4, 0.5) is 0 Å². The van der Waals surface area contributed by atoms with Gasteiger partial charge in [-0.15, -0.1) is 0 Å². The molecule has 0 atom stereocenters. The monoisotopic (exact) mass is 250 g/mol. The van der Waals surface area contributed by atoms with Crippen molar-refractivity contribution in [2.45, 2.75) is 44.9 Å². The number of hydrogen-bond donors (Lipinski definition) is 1. The second kappa shape index (κ2) is 4.94. The smallest absolute Gasteiger partial charge is 0.303 e. The SMILES string of the molecule is O=C(O)CCCOC=C1C2CC3CC(C2)CC1C3. The van der Waals surface area contributed by atoms with Crippen molar-refractivity contribution in [3.8, 4) is 0 Å². The van der Waals surface area contributed by atoms with Gasteiger partial charge >= 0.3 is 5.97 Å². The maximum atomic E-state index is 10.4. The zero-order chi connectivity index (χ0) is 12.5. The molecule has 0 aromatic heterocycles. The van der Waals surface area contributed by atoms with Gasteiger partial charge in [0, 0.05) is 6.42 Å². The minimum absolute atomic E-state index is 0.209. The fourth-order valence-electron chi connectivity index (χ4n) is 4.38. The van der Waals surface area contributed by atoms with Crippen LogP contribution in [0.3, 0.4) is 0 Å². The van der Waals surface area contributed by atoms with Crippen LogP contribution in [-0.4, -0.2) is 17.7 Å². The molecule has 4 bridgehead atoms. The molecule has 0 aliphatic heterocycles. The van der Waals surface area contributed by atoms with Gasteiger partial charge in [0.05, 0.1) is 12.9 Å². The van der Waals surface area contributed by atoms with Crippen LogP contribution in [0.5, 0.6) is 0 Å². The van der Waals surface area contributed by atoms with Gasteiger partial charge in [-0.05, 0) is 67.8 Å². The van der Waals surface area contributed by atoms with Crippen molar-refractivity contribution in [3.63, 3.8) is 0 Å². The van der Waals surface area contributed by atoms with E-state index in [0.717, 1.165) is 23.7 Å². The van der Waals surface area contributed by atoms with Gasteiger partial charge in [-0.1, -0.05) is 0 Å². The summed E-state index contributed by atoms with van der Waals surface area (Å²) in [6.45, 7) is 0.544. The van der Waals surface area contributed by atoms with E-state index in [1.165, 1.54) is 37.7 Å². The molecule has 0 aromatic carbocycles. The molecule has 4 aliphatic rings. The third kappa shape index (κ3) is 2.40. The Balaban J connectivity index is 1.51. The number of aliphatic carboxylic acids is 1. The molecule has 4 saturated carbocycles. The Bertz CT molecular complexity index is 329. The van der Waals surface area contributed by atoms with Crippen molar-refractivity contribution < 1.29 is 14.6 Å². The van der Waals surface area contributed by atoms with Gasteiger partial charge in [0.2, 0.25) is 0 Å². The molecule has 0 amide bonds. The van der Waals surface area contributed by atoms with Crippen molar-refractivity contribution in [1.82, 2.24) is 0 Å². The highest BCUT2D eigenvalue weighted by Crippen LogP contribution is 2.56. The van der Waals surface area contributed by atoms with Crippen LogP contribution in [0, 0.1) is 23.7 Å². The zero-order valence-corrected chi connectivity index (χ0v) is 10.8. The summed E-state index contributed by atoms with van der Waals surface area (Å²) >= 11 is 0. The maximum absolute atomic E-state index is 10.4. The average Bonchev–Trinajstić information content (AvgIpc) is 2.30. The number of ether oxygens (including phenoxy) is 1. The molecule has 3 heteroatoms. The van der Waals surface area contributed by atoms with Crippen molar-refractivity contribution in [2.24, 2.45) is 23.7 Å². The molecule has 4 rings (SSSR count). The fraction of sp³-hybridized carbons (Fsp3) is 0.800. The highest BCUT2D eigenvalue weighted by atomic mass is 16.5. The van der Waals surface area contributed by atoms with E-state index in [2.05, 4.69) is 0 Å². The second-order valence-electron chi connectivity index (χ2n) is 6.29. The summed E-state index contributed by atoms with van der Waals surface area (Å²) in [6.07, 6.45) is 9.76. The number of hydrogen-bond acceptors (Lipinski definition) is 2. The van der Waals surface area contributed by atoms with Crippen LogP contribution in [0.1, 0.15) is 44.9 Å².